The maximum atomic E-state index is 8.21. The monoisotopic (exact) mass is 129 g/mol. The van der Waals surface area contributed by atoms with Gasteiger partial charge in [0.15, 0.2) is 0 Å². The zero-order valence-electron chi connectivity index (χ0n) is 5.48. The van der Waals surface area contributed by atoms with Crippen LogP contribution in [0.2, 0.25) is 0 Å². The standard InChI is InChI=1S/C6H11NO2/c1-2-7-3-5-9-6-4-8/h7-8H,2,4,6H2,1H3. The summed E-state index contributed by atoms with van der Waals surface area (Å²) in [6, 6.07) is 2.54. The minimum atomic E-state index is 0.0147. The summed E-state index contributed by atoms with van der Waals surface area (Å²) in [5.41, 5.74) is 0. The minimum absolute atomic E-state index is 0.0147. The van der Waals surface area contributed by atoms with Gasteiger partial charge in [0.25, 0.3) is 0 Å². The largest absolute Gasteiger partial charge is 0.443 e. The molecule has 0 unspecified atom stereocenters. The van der Waals surface area contributed by atoms with Gasteiger partial charge in [-0.3, -0.25) is 0 Å². The third-order valence-corrected chi connectivity index (χ3v) is 0.582. The SMILES string of the molecule is CCNC#COCCO. The predicted octanol–water partition coefficient (Wildman–Crippen LogP) is -0.477. The number of aliphatic hydroxyl groups is 1. The van der Waals surface area contributed by atoms with Crippen molar-refractivity contribution in [3.8, 4) is 12.2 Å². The highest BCUT2D eigenvalue weighted by Gasteiger charge is 1.73. The molecule has 0 fully saturated rings. The van der Waals surface area contributed by atoms with Gasteiger partial charge in [-0.2, -0.15) is 0 Å². The molecule has 3 nitrogen and oxygen atoms in total. The van der Waals surface area contributed by atoms with E-state index in [-0.39, 0.29) is 13.2 Å². The molecule has 0 radical (unpaired) electrons. The molecule has 9 heavy (non-hydrogen) atoms. The average molecular weight is 129 g/mol. The van der Waals surface area contributed by atoms with Crippen LogP contribution in [-0.2, 0) is 4.74 Å². The van der Waals surface area contributed by atoms with Crippen LogP contribution in [0.25, 0.3) is 0 Å². The van der Waals surface area contributed by atoms with Gasteiger partial charge in [-0.15, -0.1) is 0 Å². The molecular formula is C6H11NO2. The summed E-state index contributed by atoms with van der Waals surface area (Å²) >= 11 is 0. The first-order valence-electron chi connectivity index (χ1n) is 2.87. The average Bonchev–Trinajstić information content (AvgIpc) is 1.89. The van der Waals surface area contributed by atoms with Crippen LogP contribution in [0.4, 0.5) is 0 Å². The number of hydrogen-bond acceptors (Lipinski definition) is 3. The molecule has 0 rings (SSSR count). The van der Waals surface area contributed by atoms with Crippen LogP contribution < -0.4 is 5.32 Å². The Morgan fingerprint density at radius 1 is 1.67 bits per heavy atom. The summed E-state index contributed by atoms with van der Waals surface area (Å²) in [4.78, 5) is 0. The van der Waals surface area contributed by atoms with Crippen molar-refractivity contribution < 1.29 is 9.84 Å². The fourth-order valence-corrected chi connectivity index (χ4v) is 0.257. The highest BCUT2D eigenvalue weighted by Crippen LogP contribution is 1.64. The Hall–Kier alpha value is -0.880. The summed E-state index contributed by atoms with van der Waals surface area (Å²) in [6.45, 7) is 3.04. The first-order valence-corrected chi connectivity index (χ1v) is 2.87. The molecule has 3 heteroatoms. The van der Waals surface area contributed by atoms with Crippen LogP contribution in [0.5, 0.6) is 0 Å². The van der Waals surface area contributed by atoms with Gasteiger partial charge in [0.2, 0.25) is 0 Å². The lowest BCUT2D eigenvalue weighted by Crippen LogP contribution is -2.03. The number of rotatable bonds is 3. The van der Waals surface area contributed by atoms with Crippen LogP contribution in [0.3, 0.4) is 0 Å². The first-order chi connectivity index (χ1) is 4.41. The summed E-state index contributed by atoms with van der Waals surface area (Å²) in [6.07, 6.45) is 2.37. The Balaban J connectivity index is 2.96. The molecule has 52 valence electrons. The topological polar surface area (TPSA) is 41.5 Å². The van der Waals surface area contributed by atoms with Crippen molar-refractivity contribution >= 4 is 0 Å². The minimum Gasteiger partial charge on any atom is -0.443 e. The van der Waals surface area contributed by atoms with Gasteiger partial charge in [-0.05, 0) is 6.92 Å². The quantitative estimate of drug-likeness (QED) is 0.307. The molecule has 0 aromatic heterocycles. The zero-order valence-corrected chi connectivity index (χ0v) is 5.48. The first kappa shape index (κ1) is 8.12. The van der Waals surface area contributed by atoms with Gasteiger partial charge >= 0.3 is 0 Å². The Bertz CT molecular complexity index is 103. The molecule has 0 saturated heterocycles. The lowest BCUT2D eigenvalue weighted by Gasteiger charge is -1.89. The van der Waals surface area contributed by atoms with Gasteiger partial charge < -0.3 is 15.2 Å². The fraction of sp³-hybridized carbons (Fsp3) is 0.667. The molecule has 2 N–H and O–H groups in total. The van der Waals surface area contributed by atoms with E-state index in [0.717, 1.165) is 6.54 Å². The normalized spacial score (nSPS) is 7.33. The fourth-order valence-electron chi connectivity index (χ4n) is 0.257. The predicted molar refractivity (Wildman–Crippen MR) is 34.5 cm³/mol. The summed E-state index contributed by atoms with van der Waals surface area (Å²) in [7, 11) is 0. The number of nitrogens with one attached hydrogen (secondary N) is 1. The number of hydrogen-bond donors (Lipinski definition) is 2. The van der Waals surface area contributed by atoms with E-state index in [4.69, 9.17) is 5.11 Å². The molecular weight excluding hydrogens is 118 g/mol. The van der Waals surface area contributed by atoms with Crippen LogP contribution >= 0.6 is 0 Å². The molecule has 0 aliphatic carbocycles. The second-order valence-corrected chi connectivity index (χ2v) is 1.33. The van der Waals surface area contributed by atoms with E-state index in [9.17, 15) is 0 Å². The zero-order chi connectivity index (χ0) is 6.95. The Labute approximate surface area is 55.0 Å². The smallest absolute Gasteiger partial charge is 0.133 e. The van der Waals surface area contributed by atoms with E-state index >= 15 is 0 Å². The Morgan fingerprint density at radius 2 is 2.44 bits per heavy atom. The van der Waals surface area contributed by atoms with Gasteiger partial charge in [-0.1, -0.05) is 0 Å². The molecule has 0 bridgehead atoms. The molecule has 0 atom stereocenters. The number of aliphatic hydroxyl groups excluding tert-OH is 1. The summed E-state index contributed by atoms with van der Waals surface area (Å²) < 4.78 is 4.61. The Kier molecular flexibility index (Phi) is 6.42. The van der Waals surface area contributed by atoms with E-state index in [0.29, 0.717) is 0 Å². The van der Waals surface area contributed by atoms with Gasteiger partial charge in [-0.25, -0.2) is 0 Å². The molecule has 0 aliphatic rings. The van der Waals surface area contributed by atoms with Crippen molar-refractivity contribution in [2.45, 2.75) is 6.92 Å². The maximum absolute atomic E-state index is 8.21. The van der Waals surface area contributed by atoms with Crippen LogP contribution in [0.1, 0.15) is 6.92 Å². The van der Waals surface area contributed by atoms with E-state index in [1.165, 1.54) is 0 Å². The van der Waals surface area contributed by atoms with E-state index in [2.05, 4.69) is 22.2 Å². The summed E-state index contributed by atoms with van der Waals surface area (Å²) in [5.74, 6) is 0. The van der Waals surface area contributed by atoms with Crippen molar-refractivity contribution in [2.75, 3.05) is 19.8 Å². The van der Waals surface area contributed by atoms with Crippen LogP contribution in [0, 0.1) is 12.2 Å². The van der Waals surface area contributed by atoms with E-state index < -0.39 is 0 Å². The molecule has 0 heterocycles. The second-order valence-electron chi connectivity index (χ2n) is 1.33. The molecule has 0 aliphatic heterocycles. The van der Waals surface area contributed by atoms with Gasteiger partial charge in [0.05, 0.1) is 6.61 Å². The third-order valence-electron chi connectivity index (χ3n) is 0.582. The van der Waals surface area contributed by atoms with Crippen molar-refractivity contribution in [1.29, 1.82) is 0 Å². The van der Waals surface area contributed by atoms with Gasteiger partial charge in [0, 0.05) is 12.6 Å². The molecule has 0 aromatic carbocycles. The highest BCUT2D eigenvalue weighted by atomic mass is 16.5. The molecule has 0 saturated carbocycles. The van der Waals surface area contributed by atoms with E-state index in [1.807, 2.05) is 6.92 Å². The van der Waals surface area contributed by atoms with Crippen LogP contribution in [0.15, 0.2) is 0 Å². The molecule has 0 amide bonds. The van der Waals surface area contributed by atoms with E-state index in [1.54, 1.807) is 0 Å². The Morgan fingerprint density at radius 3 is 3.00 bits per heavy atom. The van der Waals surface area contributed by atoms with Gasteiger partial charge in [0.1, 0.15) is 12.7 Å². The van der Waals surface area contributed by atoms with Crippen molar-refractivity contribution in [2.24, 2.45) is 0 Å². The van der Waals surface area contributed by atoms with Crippen molar-refractivity contribution in [3.05, 3.63) is 0 Å². The number of ether oxygens (including phenoxy) is 1. The lowest BCUT2D eigenvalue weighted by molar-refractivity contribution is 0.180. The second kappa shape index (κ2) is 7.12. The molecule has 0 aromatic rings. The lowest BCUT2D eigenvalue weighted by atomic mass is 10.7. The van der Waals surface area contributed by atoms with Crippen LogP contribution in [-0.4, -0.2) is 24.9 Å². The third kappa shape index (κ3) is 7.12. The maximum Gasteiger partial charge on any atom is 0.133 e. The summed E-state index contributed by atoms with van der Waals surface area (Å²) in [5, 5.41) is 10.9. The molecule has 0 spiro atoms. The highest BCUT2D eigenvalue weighted by molar-refractivity contribution is 4.87. The van der Waals surface area contributed by atoms with Crippen molar-refractivity contribution in [3.63, 3.8) is 0 Å². The van der Waals surface area contributed by atoms with Crippen molar-refractivity contribution in [1.82, 2.24) is 5.32 Å².